The van der Waals surface area contributed by atoms with Crippen LogP contribution in [0.1, 0.15) is 38.6 Å². The monoisotopic (exact) mass is 286 g/mol. The minimum absolute atomic E-state index is 0.0370. The number of hydrogen-bond donors (Lipinski definition) is 1. The van der Waals surface area contributed by atoms with E-state index in [4.69, 9.17) is 9.51 Å². The molecule has 1 atom stereocenters. The smallest absolute Gasteiger partial charge is 0.234 e. The number of nitrogens with one attached hydrogen (secondary N) is 1. The topological polar surface area (TPSA) is 63.8 Å². The van der Waals surface area contributed by atoms with Crippen LogP contribution < -0.4 is 5.32 Å². The van der Waals surface area contributed by atoms with Gasteiger partial charge in [0, 0.05) is 24.5 Å². The third kappa shape index (κ3) is 2.35. The Morgan fingerprint density at radius 2 is 2.29 bits per heavy atom. The molecule has 2 aromatic rings. The molecule has 0 amide bonds. The first-order chi connectivity index (χ1) is 10.2. The molecule has 5 heteroatoms. The molecule has 0 aromatic carbocycles. The van der Waals surface area contributed by atoms with Crippen molar-refractivity contribution >= 4 is 0 Å². The van der Waals surface area contributed by atoms with E-state index in [2.05, 4.69) is 36.2 Å². The Kier molecular flexibility index (Phi) is 3.76. The van der Waals surface area contributed by atoms with Crippen molar-refractivity contribution in [3.8, 4) is 11.4 Å². The summed E-state index contributed by atoms with van der Waals surface area (Å²) in [6, 6.07) is 1.96. The lowest BCUT2D eigenvalue weighted by atomic mass is 9.76. The summed E-state index contributed by atoms with van der Waals surface area (Å²) in [5, 5.41) is 7.65. The largest absolute Gasteiger partial charge is 0.338 e. The van der Waals surface area contributed by atoms with Crippen LogP contribution in [0.15, 0.2) is 23.0 Å². The van der Waals surface area contributed by atoms with Crippen LogP contribution in [0.3, 0.4) is 0 Å². The van der Waals surface area contributed by atoms with Crippen molar-refractivity contribution in [3.05, 3.63) is 29.9 Å². The van der Waals surface area contributed by atoms with Crippen molar-refractivity contribution in [1.29, 1.82) is 0 Å². The van der Waals surface area contributed by atoms with Gasteiger partial charge < -0.3 is 9.84 Å². The molecule has 3 heterocycles. The molecule has 0 saturated carbocycles. The summed E-state index contributed by atoms with van der Waals surface area (Å²) in [6.45, 7) is 8.47. The van der Waals surface area contributed by atoms with Gasteiger partial charge in [0.05, 0.1) is 5.41 Å². The van der Waals surface area contributed by atoms with E-state index in [1.807, 2.05) is 12.3 Å². The molecular formula is C16H22N4O. The number of rotatable bonds is 4. The summed E-state index contributed by atoms with van der Waals surface area (Å²) in [6.07, 6.45) is 5.60. The summed E-state index contributed by atoms with van der Waals surface area (Å²) in [5.41, 5.74) is 2.13. The van der Waals surface area contributed by atoms with E-state index >= 15 is 0 Å². The number of hydrogen-bond acceptors (Lipinski definition) is 5. The highest BCUT2D eigenvalue weighted by atomic mass is 16.5. The maximum atomic E-state index is 5.65. The summed E-state index contributed by atoms with van der Waals surface area (Å²) in [4.78, 5) is 8.89. The molecule has 21 heavy (non-hydrogen) atoms. The predicted molar refractivity (Wildman–Crippen MR) is 80.9 cm³/mol. The second-order valence-corrected chi connectivity index (χ2v) is 6.05. The first-order valence-corrected chi connectivity index (χ1v) is 7.65. The van der Waals surface area contributed by atoms with Gasteiger partial charge in [-0.1, -0.05) is 25.9 Å². The standard InChI is InChI=1S/C16H22N4O/c1-4-12-9-17-7-5-13(12)14-19-15(21-20-14)16(11(2)3)6-8-18-10-16/h5,7,9,11,18H,4,6,8,10H2,1-3H3. The first kappa shape index (κ1) is 14.2. The minimum atomic E-state index is -0.0370. The van der Waals surface area contributed by atoms with Gasteiger partial charge in [-0.15, -0.1) is 0 Å². The molecule has 1 aliphatic rings. The van der Waals surface area contributed by atoms with E-state index in [0.29, 0.717) is 11.7 Å². The van der Waals surface area contributed by atoms with Gasteiger partial charge in [0.15, 0.2) is 0 Å². The van der Waals surface area contributed by atoms with Crippen molar-refractivity contribution < 1.29 is 4.52 Å². The number of aromatic nitrogens is 3. The van der Waals surface area contributed by atoms with E-state index in [1.54, 1.807) is 6.20 Å². The molecular weight excluding hydrogens is 264 g/mol. The molecule has 112 valence electrons. The summed E-state index contributed by atoms with van der Waals surface area (Å²) in [5.74, 6) is 1.90. The van der Waals surface area contributed by atoms with Crippen LogP contribution in [-0.4, -0.2) is 28.2 Å². The van der Waals surface area contributed by atoms with Gasteiger partial charge in [-0.25, -0.2) is 0 Å². The van der Waals surface area contributed by atoms with Crippen LogP contribution in [-0.2, 0) is 11.8 Å². The van der Waals surface area contributed by atoms with Crippen molar-refractivity contribution in [2.75, 3.05) is 13.1 Å². The van der Waals surface area contributed by atoms with Gasteiger partial charge in [-0.05, 0) is 36.9 Å². The minimum Gasteiger partial charge on any atom is -0.338 e. The molecule has 3 rings (SSSR count). The predicted octanol–water partition coefficient (Wildman–Crippen LogP) is 2.58. The van der Waals surface area contributed by atoms with Crippen LogP contribution in [0, 0.1) is 5.92 Å². The summed E-state index contributed by atoms with van der Waals surface area (Å²) >= 11 is 0. The second-order valence-electron chi connectivity index (χ2n) is 6.05. The first-order valence-electron chi connectivity index (χ1n) is 7.65. The highest BCUT2D eigenvalue weighted by molar-refractivity contribution is 5.58. The lowest BCUT2D eigenvalue weighted by Gasteiger charge is -2.28. The Bertz CT molecular complexity index is 614. The van der Waals surface area contributed by atoms with Crippen LogP contribution in [0.25, 0.3) is 11.4 Å². The SMILES string of the molecule is CCc1cnccc1-c1noc(C2(C(C)C)CCNC2)n1. The lowest BCUT2D eigenvalue weighted by Crippen LogP contribution is -2.35. The van der Waals surface area contributed by atoms with E-state index < -0.39 is 0 Å². The van der Waals surface area contributed by atoms with Gasteiger partial charge in [0.1, 0.15) is 0 Å². The van der Waals surface area contributed by atoms with Crippen molar-refractivity contribution in [2.24, 2.45) is 5.92 Å². The maximum Gasteiger partial charge on any atom is 0.234 e. The Morgan fingerprint density at radius 3 is 2.95 bits per heavy atom. The Hall–Kier alpha value is -1.75. The highest BCUT2D eigenvalue weighted by Gasteiger charge is 2.43. The molecule has 2 aromatic heterocycles. The fourth-order valence-corrected chi connectivity index (χ4v) is 3.10. The van der Waals surface area contributed by atoms with Gasteiger partial charge in [-0.3, -0.25) is 4.98 Å². The molecule has 0 radical (unpaired) electrons. The fourth-order valence-electron chi connectivity index (χ4n) is 3.10. The normalized spacial score (nSPS) is 22.1. The Morgan fingerprint density at radius 1 is 1.43 bits per heavy atom. The Labute approximate surface area is 125 Å². The number of aryl methyl sites for hydroxylation is 1. The van der Waals surface area contributed by atoms with Gasteiger partial charge >= 0.3 is 0 Å². The molecule has 1 N–H and O–H groups in total. The lowest BCUT2D eigenvalue weighted by molar-refractivity contribution is 0.234. The third-order valence-electron chi connectivity index (χ3n) is 4.67. The number of pyridine rings is 1. The average molecular weight is 286 g/mol. The van der Waals surface area contributed by atoms with Crippen molar-refractivity contribution in [3.63, 3.8) is 0 Å². The molecule has 5 nitrogen and oxygen atoms in total. The van der Waals surface area contributed by atoms with Crippen molar-refractivity contribution in [1.82, 2.24) is 20.4 Å². The van der Waals surface area contributed by atoms with E-state index in [0.717, 1.165) is 42.9 Å². The molecule has 1 aliphatic heterocycles. The van der Waals surface area contributed by atoms with Crippen LogP contribution in [0.5, 0.6) is 0 Å². The molecule has 0 aliphatic carbocycles. The fraction of sp³-hybridized carbons (Fsp3) is 0.562. The van der Waals surface area contributed by atoms with E-state index in [1.165, 1.54) is 0 Å². The second kappa shape index (κ2) is 5.56. The molecule has 1 fully saturated rings. The zero-order chi connectivity index (χ0) is 14.9. The zero-order valence-electron chi connectivity index (χ0n) is 12.9. The van der Waals surface area contributed by atoms with Crippen LogP contribution in [0.4, 0.5) is 0 Å². The molecule has 0 spiro atoms. The van der Waals surface area contributed by atoms with Gasteiger partial charge in [-0.2, -0.15) is 4.98 Å². The summed E-state index contributed by atoms with van der Waals surface area (Å²) < 4.78 is 5.65. The van der Waals surface area contributed by atoms with Gasteiger partial charge in [0.2, 0.25) is 11.7 Å². The zero-order valence-corrected chi connectivity index (χ0v) is 12.9. The average Bonchev–Trinajstić information content (AvgIpc) is 3.16. The number of nitrogens with zero attached hydrogens (tertiary/aromatic N) is 3. The van der Waals surface area contributed by atoms with Crippen molar-refractivity contribution in [2.45, 2.75) is 39.0 Å². The molecule has 0 bridgehead atoms. The molecule has 1 saturated heterocycles. The van der Waals surface area contributed by atoms with Crippen LogP contribution >= 0.6 is 0 Å². The summed E-state index contributed by atoms with van der Waals surface area (Å²) in [7, 11) is 0. The van der Waals surface area contributed by atoms with Crippen LogP contribution in [0.2, 0.25) is 0 Å². The quantitative estimate of drug-likeness (QED) is 0.936. The molecule has 1 unspecified atom stereocenters. The van der Waals surface area contributed by atoms with Gasteiger partial charge in [0.25, 0.3) is 0 Å². The van der Waals surface area contributed by atoms with E-state index in [-0.39, 0.29) is 5.41 Å². The third-order valence-corrected chi connectivity index (χ3v) is 4.67. The van der Waals surface area contributed by atoms with E-state index in [9.17, 15) is 0 Å². The maximum absolute atomic E-state index is 5.65. The highest BCUT2D eigenvalue weighted by Crippen LogP contribution is 2.37. The Balaban J connectivity index is 2.00.